The molecule has 0 unspecified atom stereocenters. The molecule has 2 saturated heterocycles. The van der Waals surface area contributed by atoms with Gasteiger partial charge in [0.05, 0.1) is 11.4 Å². The maximum Gasteiger partial charge on any atom is 0.321 e. The first-order valence-corrected chi connectivity index (χ1v) is 10.6. The largest absolute Gasteiger partial charge is 0.336 e. The number of benzene rings is 2. The highest BCUT2D eigenvalue weighted by Crippen LogP contribution is 2.25. The summed E-state index contributed by atoms with van der Waals surface area (Å²) in [6.45, 7) is 1.64. The Hall–Kier alpha value is -3.07. The molecule has 0 aromatic heterocycles. The number of carbonyl (C=O) groups is 2. The second-order valence-corrected chi connectivity index (χ2v) is 8.69. The van der Waals surface area contributed by atoms with Crippen molar-refractivity contribution in [3.05, 3.63) is 54.1 Å². The van der Waals surface area contributed by atoms with Gasteiger partial charge in [0.25, 0.3) is 5.91 Å². The Kier molecular flexibility index (Phi) is 4.68. The van der Waals surface area contributed by atoms with Crippen LogP contribution in [0.4, 0.5) is 21.9 Å². The number of rotatable bonds is 4. The van der Waals surface area contributed by atoms with Crippen LogP contribution in [0.1, 0.15) is 16.8 Å². The average molecular weight is 400 g/mol. The third-order valence-corrected chi connectivity index (χ3v) is 6.66. The van der Waals surface area contributed by atoms with Crippen LogP contribution in [0, 0.1) is 0 Å². The Bertz CT molecular complexity index is 1020. The first-order valence-electron chi connectivity index (χ1n) is 9.01. The molecule has 2 aromatic rings. The van der Waals surface area contributed by atoms with Crippen LogP contribution in [0.5, 0.6) is 0 Å². The van der Waals surface area contributed by atoms with E-state index in [9.17, 15) is 18.0 Å². The number of nitrogens with one attached hydrogen (secondary N) is 2. The van der Waals surface area contributed by atoms with Crippen molar-refractivity contribution >= 4 is 39.0 Å². The number of anilines is 3. The number of urea groups is 1. The predicted octanol–water partition coefficient (Wildman–Crippen LogP) is 2.01. The van der Waals surface area contributed by atoms with Crippen LogP contribution in [0.15, 0.2) is 48.5 Å². The van der Waals surface area contributed by atoms with Gasteiger partial charge in [-0.15, -0.1) is 0 Å². The zero-order valence-electron chi connectivity index (χ0n) is 15.1. The van der Waals surface area contributed by atoms with Crippen molar-refractivity contribution in [3.8, 4) is 0 Å². The molecule has 2 aromatic carbocycles. The molecular weight excluding hydrogens is 380 g/mol. The first kappa shape index (κ1) is 18.3. The van der Waals surface area contributed by atoms with Crippen LogP contribution < -0.4 is 19.8 Å². The Morgan fingerprint density at radius 3 is 2.46 bits per heavy atom. The molecule has 0 radical (unpaired) electrons. The van der Waals surface area contributed by atoms with Crippen LogP contribution in [-0.4, -0.2) is 45.7 Å². The summed E-state index contributed by atoms with van der Waals surface area (Å²) < 4.78 is 25.4. The van der Waals surface area contributed by atoms with Crippen molar-refractivity contribution in [2.45, 2.75) is 6.42 Å². The molecule has 0 atom stereocenters. The molecule has 0 bridgehead atoms. The van der Waals surface area contributed by atoms with Crippen molar-refractivity contribution in [1.29, 1.82) is 0 Å². The highest BCUT2D eigenvalue weighted by Gasteiger charge is 2.28. The maximum atomic E-state index is 12.5. The van der Waals surface area contributed by atoms with E-state index in [0.29, 0.717) is 48.7 Å². The summed E-state index contributed by atoms with van der Waals surface area (Å²) in [5, 5.41) is 5.55. The predicted molar refractivity (Wildman–Crippen MR) is 107 cm³/mol. The lowest BCUT2D eigenvalue weighted by molar-refractivity contribution is 0.102. The van der Waals surface area contributed by atoms with E-state index < -0.39 is 10.0 Å². The molecule has 8 nitrogen and oxygen atoms in total. The summed E-state index contributed by atoms with van der Waals surface area (Å²) in [5.41, 5.74) is 2.27. The van der Waals surface area contributed by atoms with Crippen molar-refractivity contribution in [1.82, 2.24) is 5.32 Å². The van der Waals surface area contributed by atoms with Gasteiger partial charge < -0.3 is 10.6 Å². The van der Waals surface area contributed by atoms with E-state index in [1.54, 1.807) is 47.4 Å². The third kappa shape index (κ3) is 3.53. The van der Waals surface area contributed by atoms with Gasteiger partial charge in [-0.3, -0.25) is 14.0 Å². The van der Waals surface area contributed by atoms with E-state index in [4.69, 9.17) is 0 Å². The van der Waals surface area contributed by atoms with Crippen molar-refractivity contribution < 1.29 is 18.0 Å². The summed E-state index contributed by atoms with van der Waals surface area (Å²) in [5.74, 6) is -0.153. The molecule has 4 rings (SSSR count). The lowest BCUT2D eigenvalue weighted by Gasteiger charge is -2.17. The molecule has 0 saturated carbocycles. The molecule has 2 N–H and O–H groups in total. The second kappa shape index (κ2) is 7.16. The molecule has 2 heterocycles. The Balaban J connectivity index is 1.47. The number of hydrogen-bond acceptors (Lipinski definition) is 4. The van der Waals surface area contributed by atoms with Gasteiger partial charge in [0.15, 0.2) is 0 Å². The first-order chi connectivity index (χ1) is 13.4. The molecule has 146 valence electrons. The summed E-state index contributed by atoms with van der Waals surface area (Å²) in [7, 11) is -3.24. The molecule has 28 heavy (non-hydrogen) atoms. The highest BCUT2D eigenvalue weighted by atomic mass is 32.2. The molecule has 9 heteroatoms. The van der Waals surface area contributed by atoms with E-state index in [1.165, 1.54) is 4.31 Å². The summed E-state index contributed by atoms with van der Waals surface area (Å²) in [6.07, 6.45) is 0.607. The topological polar surface area (TPSA) is 98.8 Å². The van der Waals surface area contributed by atoms with Crippen LogP contribution in [0.3, 0.4) is 0 Å². The minimum absolute atomic E-state index is 0.153. The number of hydrogen-bond donors (Lipinski definition) is 2. The zero-order valence-corrected chi connectivity index (χ0v) is 15.9. The fraction of sp³-hybridized carbons (Fsp3) is 0.263. The second-order valence-electron chi connectivity index (χ2n) is 6.68. The molecular formula is C19H20N4O4S. The van der Waals surface area contributed by atoms with Gasteiger partial charge in [0.2, 0.25) is 10.0 Å². The van der Waals surface area contributed by atoms with Gasteiger partial charge in [-0.25, -0.2) is 13.2 Å². The standard InChI is InChI=1S/C19H20N4O4S/c24-18(14-5-7-16(8-6-14)23-10-2-12-28(23,26)27)21-15-3-1-4-17(13-15)22-11-9-20-19(22)25/h1,3-8,13H,2,9-12H2,(H,20,25)(H,21,24). The lowest BCUT2D eigenvalue weighted by Crippen LogP contribution is -2.27. The molecule has 2 aliphatic heterocycles. The Morgan fingerprint density at radius 1 is 1.04 bits per heavy atom. The van der Waals surface area contributed by atoms with Crippen molar-refractivity contribution in [3.63, 3.8) is 0 Å². The number of carbonyl (C=O) groups excluding carboxylic acids is 2. The van der Waals surface area contributed by atoms with Gasteiger partial charge in [-0.1, -0.05) is 6.07 Å². The Morgan fingerprint density at radius 2 is 1.82 bits per heavy atom. The van der Waals surface area contributed by atoms with Crippen molar-refractivity contribution in [2.75, 3.05) is 39.9 Å². The summed E-state index contributed by atoms with van der Waals surface area (Å²) >= 11 is 0. The molecule has 3 amide bonds. The monoisotopic (exact) mass is 400 g/mol. The quantitative estimate of drug-likeness (QED) is 0.820. The highest BCUT2D eigenvalue weighted by molar-refractivity contribution is 7.93. The molecule has 2 aliphatic rings. The van der Waals surface area contributed by atoms with Gasteiger partial charge in [0, 0.05) is 36.6 Å². The number of nitrogens with zero attached hydrogens (tertiary/aromatic N) is 2. The maximum absolute atomic E-state index is 12.5. The fourth-order valence-corrected chi connectivity index (χ4v) is 4.95. The van der Waals surface area contributed by atoms with E-state index in [1.807, 2.05) is 6.07 Å². The van der Waals surface area contributed by atoms with Crippen molar-refractivity contribution in [2.24, 2.45) is 0 Å². The van der Waals surface area contributed by atoms with Gasteiger partial charge in [-0.2, -0.15) is 0 Å². The van der Waals surface area contributed by atoms with E-state index in [0.717, 1.165) is 0 Å². The molecule has 0 aliphatic carbocycles. The van der Waals surface area contributed by atoms with E-state index in [2.05, 4.69) is 10.6 Å². The minimum Gasteiger partial charge on any atom is -0.336 e. The minimum atomic E-state index is -3.24. The SMILES string of the molecule is O=C(Nc1cccc(N2CCNC2=O)c1)c1ccc(N2CCCS2(=O)=O)cc1. The zero-order chi connectivity index (χ0) is 19.7. The smallest absolute Gasteiger partial charge is 0.321 e. The fourth-order valence-electron chi connectivity index (χ4n) is 3.38. The van der Waals surface area contributed by atoms with E-state index in [-0.39, 0.29) is 17.7 Å². The van der Waals surface area contributed by atoms with Crippen LogP contribution in [-0.2, 0) is 10.0 Å². The van der Waals surface area contributed by atoms with Crippen LogP contribution >= 0.6 is 0 Å². The third-order valence-electron chi connectivity index (χ3n) is 4.79. The Labute approximate surface area is 163 Å². The number of amides is 3. The normalized spacial score (nSPS) is 18.2. The van der Waals surface area contributed by atoms with E-state index >= 15 is 0 Å². The van der Waals surface area contributed by atoms with Crippen LogP contribution in [0.25, 0.3) is 0 Å². The number of sulfonamides is 1. The van der Waals surface area contributed by atoms with Gasteiger partial charge in [-0.05, 0) is 48.9 Å². The van der Waals surface area contributed by atoms with Gasteiger partial charge in [0.1, 0.15) is 0 Å². The van der Waals surface area contributed by atoms with Gasteiger partial charge >= 0.3 is 6.03 Å². The van der Waals surface area contributed by atoms with Crippen LogP contribution in [0.2, 0.25) is 0 Å². The summed E-state index contributed by atoms with van der Waals surface area (Å²) in [6, 6.07) is 13.4. The molecule has 0 spiro atoms. The summed E-state index contributed by atoms with van der Waals surface area (Å²) in [4.78, 5) is 25.9. The lowest BCUT2D eigenvalue weighted by atomic mass is 10.2. The average Bonchev–Trinajstić information content (AvgIpc) is 3.26. The molecule has 2 fully saturated rings.